The molecular formula is C24H36N2O2S. The summed E-state index contributed by atoms with van der Waals surface area (Å²) in [5.41, 5.74) is 1.26. The molecule has 1 saturated carbocycles. The fourth-order valence-corrected chi connectivity index (χ4v) is 5.66. The largest absolute Gasteiger partial charge is 0.353 e. The molecule has 0 spiro atoms. The molecule has 1 unspecified atom stereocenters. The van der Waals surface area contributed by atoms with E-state index in [0.29, 0.717) is 5.92 Å². The molecule has 1 aromatic rings. The van der Waals surface area contributed by atoms with Crippen LogP contribution in [-0.4, -0.2) is 41.1 Å². The molecule has 1 saturated heterocycles. The zero-order chi connectivity index (χ0) is 20.6. The van der Waals surface area contributed by atoms with Crippen LogP contribution in [0.15, 0.2) is 30.3 Å². The van der Waals surface area contributed by atoms with Gasteiger partial charge in [0.25, 0.3) is 0 Å². The lowest BCUT2D eigenvalue weighted by molar-refractivity contribution is -0.132. The van der Waals surface area contributed by atoms with Crippen LogP contribution in [0.25, 0.3) is 0 Å². The zero-order valence-electron chi connectivity index (χ0n) is 17.9. The molecule has 1 N–H and O–H groups in total. The molecule has 3 rings (SSSR count). The molecule has 1 aliphatic heterocycles. The van der Waals surface area contributed by atoms with Crippen LogP contribution in [0.1, 0.15) is 64.4 Å². The molecule has 5 heteroatoms. The second kappa shape index (κ2) is 11.1. The first-order valence-corrected chi connectivity index (χ1v) is 12.3. The zero-order valence-corrected chi connectivity index (χ0v) is 18.8. The van der Waals surface area contributed by atoms with Gasteiger partial charge in [0.05, 0.1) is 5.25 Å². The molecule has 1 heterocycles. The molecule has 160 valence electrons. The highest BCUT2D eigenvalue weighted by atomic mass is 32.2. The van der Waals surface area contributed by atoms with E-state index in [0.717, 1.165) is 44.5 Å². The second-order valence-electron chi connectivity index (χ2n) is 8.90. The number of nitrogens with zero attached hydrogens (tertiary/aromatic N) is 1. The molecule has 0 radical (unpaired) electrons. The Kier molecular flexibility index (Phi) is 8.46. The van der Waals surface area contributed by atoms with E-state index < -0.39 is 0 Å². The van der Waals surface area contributed by atoms with E-state index in [1.165, 1.54) is 24.8 Å². The number of thioether (sulfide) groups is 1. The van der Waals surface area contributed by atoms with Crippen molar-refractivity contribution in [3.8, 4) is 0 Å². The van der Waals surface area contributed by atoms with Crippen molar-refractivity contribution in [1.82, 2.24) is 10.2 Å². The Morgan fingerprint density at radius 2 is 1.69 bits per heavy atom. The van der Waals surface area contributed by atoms with Crippen molar-refractivity contribution in [3.63, 3.8) is 0 Å². The molecule has 1 atom stereocenters. The fourth-order valence-electron chi connectivity index (χ4n) is 4.42. The third-order valence-corrected chi connectivity index (χ3v) is 7.86. The molecule has 0 bridgehead atoms. The van der Waals surface area contributed by atoms with Gasteiger partial charge in [0.1, 0.15) is 0 Å². The topological polar surface area (TPSA) is 49.4 Å². The predicted molar refractivity (Wildman–Crippen MR) is 121 cm³/mol. The normalized spacial score (nSPS) is 19.9. The number of piperidine rings is 1. The van der Waals surface area contributed by atoms with Crippen molar-refractivity contribution in [2.45, 2.75) is 75.8 Å². The van der Waals surface area contributed by atoms with Crippen molar-refractivity contribution in [2.75, 3.05) is 13.1 Å². The van der Waals surface area contributed by atoms with Gasteiger partial charge < -0.3 is 10.2 Å². The van der Waals surface area contributed by atoms with Gasteiger partial charge in [-0.05, 0) is 37.2 Å². The number of likely N-dealkylation sites (tertiary alicyclic amines) is 1. The van der Waals surface area contributed by atoms with Crippen LogP contribution < -0.4 is 5.32 Å². The van der Waals surface area contributed by atoms with E-state index in [1.807, 2.05) is 11.0 Å². The molecular weight excluding hydrogens is 380 g/mol. The van der Waals surface area contributed by atoms with Crippen molar-refractivity contribution in [2.24, 2.45) is 11.8 Å². The first-order chi connectivity index (χ1) is 14.0. The van der Waals surface area contributed by atoms with Gasteiger partial charge in [-0.1, -0.05) is 63.4 Å². The van der Waals surface area contributed by atoms with E-state index >= 15 is 0 Å². The summed E-state index contributed by atoms with van der Waals surface area (Å²) in [5, 5.41) is 3.25. The van der Waals surface area contributed by atoms with Gasteiger partial charge in [-0.25, -0.2) is 0 Å². The van der Waals surface area contributed by atoms with Gasteiger partial charge in [0.15, 0.2) is 0 Å². The van der Waals surface area contributed by atoms with Crippen molar-refractivity contribution in [1.29, 1.82) is 0 Å². The average molecular weight is 417 g/mol. The molecule has 2 fully saturated rings. The van der Waals surface area contributed by atoms with Crippen LogP contribution in [-0.2, 0) is 15.3 Å². The number of benzene rings is 1. The number of carbonyl (C=O) groups is 2. The first-order valence-electron chi connectivity index (χ1n) is 11.3. The van der Waals surface area contributed by atoms with Crippen LogP contribution in [0.2, 0.25) is 0 Å². The molecule has 1 aromatic carbocycles. The molecule has 1 aliphatic carbocycles. The Morgan fingerprint density at radius 3 is 2.31 bits per heavy atom. The lowest BCUT2D eigenvalue weighted by atomic mass is 9.88. The van der Waals surface area contributed by atoms with E-state index in [1.54, 1.807) is 11.8 Å². The maximum atomic E-state index is 13.2. The van der Waals surface area contributed by atoms with E-state index in [9.17, 15) is 9.59 Å². The Morgan fingerprint density at radius 1 is 1.03 bits per heavy atom. The average Bonchev–Trinajstić information content (AvgIpc) is 2.75. The maximum absolute atomic E-state index is 13.2. The summed E-state index contributed by atoms with van der Waals surface area (Å²) in [6.07, 6.45) is 7.46. The third-order valence-electron chi connectivity index (χ3n) is 6.25. The molecule has 4 nitrogen and oxygen atoms in total. The summed E-state index contributed by atoms with van der Waals surface area (Å²) in [7, 11) is 0. The number of nitrogens with one attached hydrogen (secondary N) is 1. The maximum Gasteiger partial charge on any atom is 0.235 e. The van der Waals surface area contributed by atoms with Crippen LogP contribution >= 0.6 is 11.8 Å². The Labute approximate surface area is 180 Å². The summed E-state index contributed by atoms with van der Waals surface area (Å²) in [4.78, 5) is 27.7. The highest BCUT2D eigenvalue weighted by molar-refractivity contribution is 7.99. The van der Waals surface area contributed by atoms with Crippen molar-refractivity contribution in [3.05, 3.63) is 35.9 Å². The van der Waals surface area contributed by atoms with Gasteiger partial charge in [-0.3, -0.25) is 9.59 Å². The quantitative estimate of drug-likeness (QED) is 0.705. The monoisotopic (exact) mass is 416 g/mol. The van der Waals surface area contributed by atoms with Gasteiger partial charge in [0.2, 0.25) is 11.8 Å². The fraction of sp³-hybridized carbons (Fsp3) is 0.667. The van der Waals surface area contributed by atoms with E-state index in [4.69, 9.17) is 0 Å². The summed E-state index contributed by atoms with van der Waals surface area (Å²) >= 11 is 1.75. The summed E-state index contributed by atoms with van der Waals surface area (Å²) in [6.45, 7) is 5.78. The number of amides is 2. The molecule has 2 amide bonds. The van der Waals surface area contributed by atoms with Crippen LogP contribution in [0.5, 0.6) is 0 Å². The minimum absolute atomic E-state index is 0.0106. The Bertz CT molecular complexity index is 650. The highest BCUT2D eigenvalue weighted by Gasteiger charge is 2.31. The standard InChI is InChI=1S/C24H36N2O2S/c1-18(2)22(29-17-19-9-5-3-6-10-19)24(28)26-15-13-21(14-16-26)25-23(27)20-11-7-4-8-12-20/h3,5-6,9-10,18,20-22H,4,7-8,11-17H2,1-2H3,(H,25,27). The van der Waals surface area contributed by atoms with Gasteiger partial charge in [0, 0.05) is 30.8 Å². The molecule has 29 heavy (non-hydrogen) atoms. The van der Waals surface area contributed by atoms with Gasteiger partial charge >= 0.3 is 0 Å². The predicted octanol–water partition coefficient (Wildman–Crippen LogP) is 4.63. The minimum atomic E-state index is -0.0106. The van der Waals surface area contributed by atoms with Crippen LogP contribution in [0.3, 0.4) is 0 Å². The Hall–Kier alpha value is -1.49. The minimum Gasteiger partial charge on any atom is -0.353 e. The van der Waals surface area contributed by atoms with Crippen molar-refractivity contribution < 1.29 is 9.59 Å². The SMILES string of the molecule is CC(C)C(SCc1ccccc1)C(=O)N1CCC(NC(=O)C2CCCCC2)CC1. The summed E-state index contributed by atoms with van der Waals surface area (Å²) in [5.74, 6) is 1.89. The lowest BCUT2D eigenvalue weighted by Gasteiger charge is -2.36. The lowest BCUT2D eigenvalue weighted by Crippen LogP contribution is -2.50. The third kappa shape index (κ3) is 6.50. The van der Waals surface area contributed by atoms with E-state index in [-0.39, 0.29) is 29.0 Å². The number of carbonyl (C=O) groups excluding carboxylic acids is 2. The second-order valence-corrected chi connectivity index (χ2v) is 10.0. The number of hydrogen-bond donors (Lipinski definition) is 1. The number of rotatable bonds is 7. The Balaban J connectivity index is 1.46. The smallest absolute Gasteiger partial charge is 0.235 e. The first kappa shape index (κ1) is 22.2. The summed E-state index contributed by atoms with van der Waals surface area (Å²) in [6, 6.07) is 10.6. The van der Waals surface area contributed by atoms with Crippen LogP contribution in [0, 0.1) is 11.8 Å². The van der Waals surface area contributed by atoms with Gasteiger partial charge in [-0.2, -0.15) is 0 Å². The van der Waals surface area contributed by atoms with Crippen LogP contribution in [0.4, 0.5) is 0 Å². The number of hydrogen-bond acceptors (Lipinski definition) is 3. The molecule has 2 aliphatic rings. The summed E-state index contributed by atoms with van der Waals surface area (Å²) < 4.78 is 0. The molecule has 0 aromatic heterocycles. The highest BCUT2D eigenvalue weighted by Crippen LogP contribution is 2.27. The van der Waals surface area contributed by atoms with E-state index in [2.05, 4.69) is 43.4 Å². The van der Waals surface area contributed by atoms with Gasteiger partial charge in [-0.15, -0.1) is 11.8 Å². The van der Waals surface area contributed by atoms with Crippen molar-refractivity contribution >= 4 is 23.6 Å².